The zero-order chi connectivity index (χ0) is 6.69. The highest BCUT2D eigenvalue weighted by Gasteiger charge is 2.05. The molecule has 0 aliphatic rings. The molecule has 3 heteroatoms. The van der Waals surface area contributed by atoms with E-state index in [1.807, 2.05) is 0 Å². The molecule has 0 saturated heterocycles. The fourth-order valence-electron chi connectivity index (χ4n) is 0.508. The standard InChI is InChI=1S/C6H4FN2/c7-9-4-2-1-3-6(9)5-8/h1-4H/q+1. The summed E-state index contributed by atoms with van der Waals surface area (Å²) in [4.78, 5) is 0.278. The van der Waals surface area contributed by atoms with Crippen LogP contribution < -0.4 is 4.79 Å². The first-order chi connectivity index (χ1) is 4.34. The van der Waals surface area contributed by atoms with Gasteiger partial charge in [-0.1, -0.05) is 0 Å². The predicted molar refractivity (Wildman–Crippen MR) is 27.9 cm³/mol. The molecule has 0 bridgehead atoms. The fourth-order valence-corrected chi connectivity index (χ4v) is 0.508. The second-order valence-corrected chi connectivity index (χ2v) is 1.51. The van der Waals surface area contributed by atoms with Gasteiger partial charge in [0, 0.05) is 16.9 Å². The minimum absolute atomic E-state index is 0.0116. The van der Waals surface area contributed by atoms with E-state index in [1.54, 1.807) is 12.1 Å². The average Bonchev–Trinajstić information content (AvgIpc) is 1.89. The van der Waals surface area contributed by atoms with Crippen LogP contribution in [0.15, 0.2) is 24.4 Å². The van der Waals surface area contributed by atoms with Crippen LogP contribution in [-0.4, -0.2) is 0 Å². The van der Waals surface area contributed by atoms with Gasteiger partial charge in [-0.15, -0.1) is 0 Å². The lowest BCUT2D eigenvalue weighted by atomic mass is 10.4. The van der Waals surface area contributed by atoms with Crippen LogP contribution in [0.2, 0.25) is 0 Å². The topological polar surface area (TPSA) is 27.7 Å². The maximum Gasteiger partial charge on any atom is 0.329 e. The maximum atomic E-state index is 12.3. The number of nitriles is 1. The third kappa shape index (κ3) is 1.03. The van der Waals surface area contributed by atoms with Crippen molar-refractivity contribution < 1.29 is 9.27 Å². The van der Waals surface area contributed by atoms with Crippen LogP contribution in [0.1, 0.15) is 5.69 Å². The SMILES string of the molecule is N#Cc1cccc[n+]1F. The van der Waals surface area contributed by atoms with Crippen LogP contribution in [0.25, 0.3) is 0 Å². The molecular formula is C6H4FN2+. The van der Waals surface area contributed by atoms with Gasteiger partial charge in [-0.3, -0.25) is 0 Å². The van der Waals surface area contributed by atoms with Crippen molar-refractivity contribution in [3.8, 4) is 6.07 Å². The molecule has 0 aliphatic heterocycles. The van der Waals surface area contributed by atoms with Gasteiger partial charge in [-0.25, -0.2) is 0 Å². The first-order valence-electron chi connectivity index (χ1n) is 2.41. The number of nitrogens with zero attached hydrogens (tertiary/aromatic N) is 2. The summed E-state index contributed by atoms with van der Waals surface area (Å²) in [5, 5.41) is 8.21. The van der Waals surface area contributed by atoms with Crippen molar-refractivity contribution in [1.82, 2.24) is 0 Å². The van der Waals surface area contributed by atoms with Gasteiger partial charge in [0.1, 0.15) is 0 Å². The molecule has 2 nitrogen and oxygen atoms in total. The van der Waals surface area contributed by atoms with E-state index < -0.39 is 0 Å². The van der Waals surface area contributed by atoms with Gasteiger partial charge in [0.25, 0.3) is 0 Å². The van der Waals surface area contributed by atoms with Gasteiger partial charge in [-0.2, -0.15) is 5.26 Å². The Morgan fingerprint density at radius 2 is 2.33 bits per heavy atom. The second-order valence-electron chi connectivity index (χ2n) is 1.51. The molecule has 0 spiro atoms. The normalized spacial score (nSPS) is 8.44. The highest BCUT2D eigenvalue weighted by atomic mass is 19.2. The molecule has 0 saturated carbocycles. The van der Waals surface area contributed by atoms with Crippen LogP contribution in [0.3, 0.4) is 0 Å². The van der Waals surface area contributed by atoms with Crippen molar-refractivity contribution in [2.24, 2.45) is 0 Å². The molecule has 1 aromatic rings. The summed E-state index contributed by atoms with van der Waals surface area (Å²) >= 11 is 0. The lowest BCUT2D eigenvalue weighted by Crippen LogP contribution is -2.25. The number of pyridine rings is 1. The maximum absolute atomic E-state index is 12.3. The van der Waals surface area contributed by atoms with Gasteiger partial charge < -0.3 is 0 Å². The lowest BCUT2D eigenvalue weighted by molar-refractivity contribution is -0.845. The zero-order valence-corrected chi connectivity index (χ0v) is 4.58. The summed E-state index contributed by atoms with van der Waals surface area (Å²) in [6.45, 7) is 0. The first kappa shape index (κ1) is 5.70. The summed E-state index contributed by atoms with van der Waals surface area (Å²) < 4.78 is 12.3. The third-order valence-corrected chi connectivity index (χ3v) is 0.927. The summed E-state index contributed by atoms with van der Waals surface area (Å²) in [7, 11) is 0. The smallest absolute Gasteiger partial charge is 0.186 e. The van der Waals surface area contributed by atoms with Crippen LogP contribution in [-0.2, 0) is 0 Å². The molecule has 1 aromatic heterocycles. The van der Waals surface area contributed by atoms with Gasteiger partial charge >= 0.3 is 5.69 Å². The number of rotatable bonds is 0. The second kappa shape index (κ2) is 2.23. The lowest BCUT2D eigenvalue weighted by Gasteiger charge is -1.77. The van der Waals surface area contributed by atoms with E-state index in [4.69, 9.17) is 5.26 Å². The van der Waals surface area contributed by atoms with Crippen molar-refractivity contribution in [2.45, 2.75) is 0 Å². The van der Waals surface area contributed by atoms with E-state index in [2.05, 4.69) is 0 Å². The number of hydrogen-bond donors (Lipinski definition) is 0. The van der Waals surface area contributed by atoms with Gasteiger partial charge in [-0.05, 0) is 6.07 Å². The number of hydrogen-bond acceptors (Lipinski definition) is 1. The monoisotopic (exact) mass is 123 g/mol. The van der Waals surface area contributed by atoms with E-state index in [0.29, 0.717) is 0 Å². The van der Waals surface area contributed by atoms with Crippen molar-refractivity contribution in [2.75, 3.05) is 0 Å². The summed E-state index contributed by atoms with van der Waals surface area (Å²) in [5.74, 6) is 0. The van der Waals surface area contributed by atoms with Crippen LogP contribution in [0.5, 0.6) is 0 Å². The minimum atomic E-state index is 0.0116. The highest BCUT2D eigenvalue weighted by molar-refractivity contribution is 5.12. The Balaban J connectivity index is 3.20. The van der Waals surface area contributed by atoms with Crippen molar-refractivity contribution in [3.05, 3.63) is 30.1 Å². The Morgan fingerprint density at radius 1 is 1.56 bits per heavy atom. The average molecular weight is 123 g/mol. The van der Waals surface area contributed by atoms with Gasteiger partial charge in [0.15, 0.2) is 6.07 Å². The van der Waals surface area contributed by atoms with Gasteiger partial charge in [0.05, 0.1) is 4.48 Å². The van der Waals surface area contributed by atoms with Crippen LogP contribution in [0.4, 0.5) is 4.48 Å². The van der Waals surface area contributed by atoms with Crippen molar-refractivity contribution in [1.29, 1.82) is 5.26 Å². The van der Waals surface area contributed by atoms with Gasteiger partial charge in [0.2, 0.25) is 6.20 Å². The number of halogens is 1. The van der Waals surface area contributed by atoms with Crippen LogP contribution in [0, 0.1) is 11.3 Å². The molecular weight excluding hydrogens is 119 g/mol. The number of aromatic nitrogens is 1. The predicted octanol–water partition coefficient (Wildman–Crippen LogP) is 0.578. The van der Waals surface area contributed by atoms with E-state index in [1.165, 1.54) is 18.3 Å². The van der Waals surface area contributed by atoms with E-state index in [-0.39, 0.29) is 10.5 Å². The van der Waals surface area contributed by atoms with Crippen molar-refractivity contribution >= 4 is 0 Å². The Bertz CT molecular complexity index is 251. The molecule has 0 aromatic carbocycles. The molecule has 0 fully saturated rings. The molecule has 0 radical (unpaired) electrons. The van der Waals surface area contributed by atoms with Crippen LogP contribution >= 0.6 is 0 Å². The van der Waals surface area contributed by atoms with Crippen molar-refractivity contribution in [3.63, 3.8) is 0 Å². The Kier molecular flexibility index (Phi) is 1.41. The molecule has 0 amide bonds. The summed E-state index contributed by atoms with van der Waals surface area (Å²) in [6.07, 6.45) is 1.18. The molecule has 1 rings (SSSR count). The minimum Gasteiger partial charge on any atom is -0.186 e. The summed E-state index contributed by atoms with van der Waals surface area (Å²) in [5.41, 5.74) is 0.0116. The highest BCUT2D eigenvalue weighted by Crippen LogP contribution is 1.86. The molecule has 0 aliphatic carbocycles. The fraction of sp³-hybridized carbons (Fsp3) is 0. The quantitative estimate of drug-likeness (QED) is 0.495. The van der Waals surface area contributed by atoms with E-state index in [9.17, 15) is 4.48 Å². The largest absolute Gasteiger partial charge is 0.329 e. The molecule has 0 unspecified atom stereocenters. The molecule has 9 heavy (non-hydrogen) atoms. The molecule has 0 atom stereocenters. The first-order valence-corrected chi connectivity index (χ1v) is 2.41. The third-order valence-electron chi connectivity index (χ3n) is 0.927. The Labute approximate surface area is 51.7 Å². The molecule has 1 heterocycles. The summed E-state index contributed by atoms with van der Waals surface area (Å²) in [6, 6.07) is 6.21. The van der Waals surface area contributed by atoms with E-state index in [0.717, 1.165) is 0 Å². The zero-order valence-electron chi connectivity index (χ0n) is 4.58. The van der Waals surface area contributed by atoms with E-state index >= 15 is 0 Å². The molecule has 44 valence electrons. The molecule has 0 N–H and O–H groups in total. The Morgan fingerprint density at radius 3 is 2.78 bits per heavy atom. The Hall–Kier alpha value is -1.43.